The molecule has 0 spiro atoms. The van der Waals surface area contributed by atoms with E-state index < -0.39 is 0 Å². The normalized spacial score (nSPS) is 11.8. The molecule has 0 unspecified atom stereocenters. The second-order valence-electron chi connectivity index (χ2n) is 11.2. The first kappa shape index (κ1) is 27.7. The number of nitrogens with zero attached hydrogens (tertiary/aromatic N) is 6. The van der Waals surface area contributed by atoms with E-state index in [2.05, 4.69) is 9.97 Å². The zero-order chi connectivity index (χ0) is 32.5. The van der Waals surface area contributed by atoms with Crippen LogP contribution in [0.4, 0.5) is 0 Å². The molecule has 2 aliphatic rings. The second kappa shape index (κ2) is 10.5. The minimum Gasteiger partial charge on any atom is -0.493 e. The molecule has 7 aromatic rings. The Bertz CT molecular complexity index is 2650. The van der Waals surface area contributed by atoms with Crippen LogP contribution in [-0.2, 0) is 0 Å². The Hall–Kier alpha value is -6.56. The number of fused-ring (bicyclic) bond motifs is 20. The van der Waals surface area contributed by atoms with Crippen LogP contribution in [0.25, 0.3) is 89.7 Å². The Morgan fingerprint density at radius 3 is 1.10 bits per heavy atom. The Balaban J connectivity index is 1.49. The fraction of sp³-hybridized carbons (Fsp3) is 0.111. The van der Waals surface area contributed by atoms with E-state index in [0.717, 1.165) is 43.8 Å². The Kier molecular flexibility index (Phi) is 6.06. The fourth-order valence-electron chi connectivity index (χ4n) is 6.34. The van der Waals surface area contributed by atoms with Crippen LogP contribution in [0.3, 0.4) is 0 Å². The molecule has 48 heavy (non-hydrogen) atoms. The van der Waals surface area contributed by atoms with Crippen molar-refractivity contribution in [2.45, 2.75) is 0 Å². The molecule has 2 aliphatic heterocycles. The summed E-state index contributed by atoms with van der Waals surface area (Å²) >= 11 is 0. The third-order valence-corrected chi connectivity index (χ3v) is 8.65. The number of ether oxygens (including phenoxy) is 4. The molecule has 12 heteroatoms. The van der Waals surface area contributed by atoms with Gasteiger partial charge in [-0.05, 0) is 24.3 Å². The summed E-state index contributed by atoms with van der Waals surface area (Å²) in [4.78, 5) is 37.0. The fourth-order valence-corrected chi connectivity index (χ4v) is 6.34. The number of aromatic nitrogens is 8. The van der Waals surface area contributed by atoms with Crippen molar-refractivity contribution in [3.63, 3.8) is 0 Å². The molecule has 0 fully saturated rings. The molecule has 8 bridgehead atoms. The molecule has 3 aromatic heterocycles. The molecular weight excluding hydrogens is 608 g/mol. The number of rotatable bonds is 4. The highest BCUT2D eigenvalue weighted by Gasteiger charge is 2.25. The van der Waals surface area contributed by atoms with E-state index in [1.165, 1.54) is 0 Å². The molecule has 0 radical (unpaired) electrons. The largest absolute Gasteiger partial charge is 0.493 e. The molecule has 9 rings (SSSR count). The highest BCUT2D eigenvalue weighted by atomic mass is 16.5. The van der Waals surface area contributed by atoms with Crippen molar-refractivity contribution in [2.24, 2.45) is 0 Å². The van der Waals surface area contributed by atoms with E-state index in [4.69, 9.17) is 48.9 Å². The van der Waals surface area contributed by atoms with Crippen molar-refractivity contribution < 1.29 is 18.9 Å². The van der Waals surface area contributed by atoms with Gasteiger partial charge in [0, 0.05) is 43.8 Å². The van der Waals surface area contributed by atoms with Gasteiger partial charge in [0.2, 0.25) is 0 Å². The average Bonchev–Trinajstić information content (AvgIpc) is 3.85. The smallest absolute Gasteiger partial charge is 0.164 e. The van der Waals surface area contributed by atoms with Crippen molar-refractivity contribution in [3.8, 4) is 68.5 Å². The monoisotopic (exact) mass is 634 g/mol. The van der Waals surface area contributed by atoms with Gasteiger partial charge in [-0.3, -0.25) is 0 Å². The van der Waals surface area contributed by atoms with E-state index in [1.807, 2.05) is 72.8 Å². The van der Waals surface area contributed by atoms with Crippen LogP contribution >= 0.6 is 0 Å². The molecule has 0 amide bonds. The van der Waals surface area contributed by atoms with Gasteiger partial charge in [-0.25, -0.2) is 29.9 Å². The molecular formula is C36H26N8O4. The summed E-state index contributed by atoms with van der Waals surface area (Å²) in [6, 6.07) is 23.4. The van der Waals surface area contributed by atoms with Crippen LogP contribution in [0.1, 0.15) is 0 Å². The maximum Gasteiger partial charge on any atom is 0.164 e. The zero-order valence-electron chi connectivity index (χ0n) is 26.2. The predicted octanol–water partition coefficient (Wildman–Crippen LogP) is 6.90. The highest BCUT2D eigenvalue weighted by Crippen LogP contribution is 2.43. The highest BCUT2D eigenvalue weighted by molar-refractivity contribution is 6.07. The molecule has 0 atom stereocenters. The van der Waals surface area contributed by atoms with E-state index >= 15 is 0 Å². The van der Waals surface area contributed by atoms with E-state index in [9.17, 15) is 0 Å². The standard InChI is InChI=1S/C36H26N8O4/c1-45-25-13-21-23(15-27(25)47-3)35-42-33(21)40-31-19-11-7-5-9-17(19)29(38-31)37-30-18-10-6-8-12-20(18)32(39-30)41-34-22-14-26(46-2)28(48-4)16-24(22)36(43-34)44-35/h5-16H,1-4H3,(H2,37,38,39,40,41,42,43,44). The van der Waals surface area contributed by atoms with Crippen molar-refractivity contribution in [1.29, 1.82) is 0 Å². The van der Waals surface area contributed by atoms with Crippen LogP contribution in [0.2, 0.25) is 0 Å². The topological polar surface area (TPSA) is 146 Å². The number of hydrogen-bond donors (Lipinski definition) is 2. The summed E-state index contributed by atoms with van der Waals surface area (Å²) in [7, 11) is 6.39. The van der Waals surface area contributed by atoms with Crippen molar-refractivity contribution in [3.05, 3.63) is 72.8 Å². The lowest BCUT2D eigenvalue weighted by molar-refractivity contribution is 0.355. The van der Waals surface area contributed by atoms with Crippen molar-refractivity contribution in [1.82, 2.24) is 39.9 Å². The van der Waals surface area contributed by atoms with E-state index in [1.54, 1.807) is 28.4 Å². The maximum atomic E-state index is 5.67. The number of methoxy groups -OCH3 is 4. The van der Waals surface area contributed by atoms with Crippen molar-refractivity contribution >= 4 is 44.1 Å². The van der Waals surface area contributed by atoms with Crippen molar-refractivity contribution in [2.75, 3.05) is 28.4 Å². The second-order valence-corrected chi connectivity index (χ2v) is 11.2. The zero-order valence-corrected chi connectivity index (χ0v) is 26.2. The first-order valence-corrected chi connectivity index (χ1v) is 15.1. The minimum atomic E-state index is 0.432. The van der Waals surface area contributed by atoms with Gasteiger partial charge in [0.25, 0.3) is 0 Å². The van der Waals surface area contributed by atoms with Gasteiger partial charge in [0.1, 0.15) is 22.6 Å². The summed E-state index contributed by atoms with van der Waals surface area (Å²) < 4.78 is 22.7. The number of aromatic amines is 2. The van der Waals surface area contributed by atoms with Gasteiger partial charge in [-0.15, -0.1) is 0 Å². The van der Waals surface area contributed by atoms with Gasteiger partial charge in [0.15, 0.2) is 46.3 Å². The number of nitrogens with one attached hydrogen (secondary N) is 2. The summed E-state index contributed by atoms with van der Waals surface area (Å²) in [6.45, 7) is 0. The molecule has 0 saturated heterocycles. The van der Waals surface area contributed by atoms with Gasteiger partial charge >= 0.3 is 0 Å². The van der Waals surface area contributed by atoms with Crippen LogP contribution in [0.15, 0.2) is 72.8 Å². The van der Waals surface area contributed by atoms with Crippen LogP contribution in [0.5, 0.6) is 23.0 Å². The Morgan fingerprint density at radius 1 is 0.375 bits per heavy atom. The molecule has 4 aromatic carbocycles. The lowest BCUT2D eigenvalue weighted by Crippen LogP contribution is -1.92. The molecule has 234 valence electrons. The third kappa shape index (κ3) is 4.09. The molecule has 12 nitrogen and oxygen atoms in total. The maximum absolute atomic E-state index is 5.67. The SMILES string of the molecule is COc1cc2c(cc1OC)-c1nc-2nc2[nH]c(nc3nc(nc4[nH]c(n1)c1cc(OC)c(OC)cc41)-c1ccccc1-3)c1ccccc21. The average molecular weight is 635 g/mol. The minimum absolute atomic E-state index is 0.432. The quantitative estimate of drug-likeness (QED) is 0.210. The van der Waals surface area contributed by atoms with E-state index in [0.29, 0.717) is 68.9 Å². The summed E-state index contributed by atoms with van der Waals surface area (Å²) in [6.07, 6.45) is 0. The first-order valence-electron chi connectivity index (χ1n) is 15.1. The molecule has 0 aliphatic carbocycles. The molecule has 0 saturated carbocycles. The molecule has 2 N–H and O–H groups in total. The van der Waals surface area contributed by atoms with Crippen LogP contribution in [0, 0.1) is 0 Å². The van der Waals surface area contributed by atoms with Gasteiger partial charge in [0.05, 0.1) is 28.4 Å². The van der Waals surface area contributed by atoms with Crippen LogP contribution in [-0.4, -0.2) is 68.3 Å². The van der Waals surface area contributed by atoms with Gasteiger partial charge in [-0.1, -0.05) is 48.5 Å². The predicted molar refractivity (Wildman–Crippen MR) is 182 cm³/mol. The summed E-state index contributed by atoms with van der Waals surface area (Å²) in [5.74, 6) is 4.12. The van der Waals surface area contributed by atoms with Crippen LogP contribution < -0.4 is 18.9 Å². The third-order valence-electron chi connectivity index (χ3n) is 8.65. The Labute approximate surface area is 272 Å². The summed E-state index contributed by atoms with van der Waals surface area (Å²) in [5, 5.41) is 3.30. The van der Waals surface area contributed by atoms with Gasteiger partial charge in [-0.2, -0.15) is 0 Å². The Morgan fingerprint density at radius 2 is 0.708 bits per heavy atom. The number of hydrogen-bond acceptors (Lipinski definition) is 10. The van der Waals surface area contributed by atoms with E-state index in [-0.39, 0.29) is 0 Å². The first-order chi connectivity index (χ1) is 23.6. The lowest BCUT2D eigenvalue weighted by Gasteiger charge is -2.09. The van der Waals surface area contributed by atoms with Gasteiger partial charge < -0.3 is 28.9 Å². The lowest BCUT2D eigenvalue weighted by atomic mass is 10.1. The molecule has 5 heterocycles. The number of benzene rings is 4. The summed E-state index contributed by atoms with van der Waals surface area (Å²) in [5.41, 5.74) is 5.47. The number of H-pyrrole nitrogens is 2.